The quantitative estimate of drug-likeness (QED) is 0.331. The summed E-state index contributed by atoms with van der Waals surface area (Å²) in [6.07, 6.45) is 1.35. The van der Waals surface area contributed by atoms with Crippen LogP contribution in [0.5, 0.6) is 0 Å². The van der Waals surface area contributed by atoms with Crippen LogP contribution in [0.15, 0.2) is 59.4 Å². The fourth-order valence-corrected chi connectivity index (χ4v) is 5.52. The Morgan fingerprint density at radius 3 is 2.59 bits per heavy atom. The van der Waals surface area contributed by atoms with Crippen molar-refractivity contribution in [3.8, 4) is 0 Å². The minimum atomic E-state index is -0.624. The van der Waals surface area contributed by atoms with Crippen molar-refractivity contribution in [2.45, 2.75) is 46.2 Å². The molecule has 0 aliphatic carbocycles. The van der Waals surface area contributed by atoms with E-state index in [1.165, 1.54) is 10.2 Å². The number of aromatic nitrogens is 2. The minimum absolute atomic E-state index is 0.151. The van der Waals surface area contributed by atoms with Crippen molar-refractivity contribution < 1.29 is 4.79 Å². The first-order valence-electron chi connectivity index (χ1n) is 12.0. The molecule has 6 nitrogen and oxygen atoms in total. The van der Waals surface area contributed by atoms with Crippen LogP contribution in [0.1, 0.15) is 44.0 Å². The van der Waals surface area contributed by atoms with Gasteiger partial charge in [0.1, 0.15) is 6.04 Å². The van der Waals surface area contributed by atoms with Crippen molar-refractivity contribution in [3.05, 3.63) is 76.2 Å². The fraction of sp³-hybridized carbons (Fsp3) is 0.370. The van der Waals surface area contributed by atoms with E-state index in [4.69, 9.17) is 0 Å². The van der Waals surface area contributed by atoms with E-state index in [2.05, 4.69) is 46.5 Å². The largest absolute Gasteiger partial charge is 0.354 e. The Labute approximate surface area is 204 Å². The van der Waals surface area contributed by atoms with E-state index in [0.717, 1.165) is 46.5 Å². The molecule has 4 rings (SSSR count). The predicted octanol–water partition coefficient (Wildman–Crippen LogP) is 4.90. The number of rotatable bonds is 10. The number of thiophene rings is 1. The van der Waals surface area contributed by atoms with Gasteiger partial charge in [-0.25, -0.2) is 4.68 Å². The summed E-state index contributed by atoms with van der Waals surface area (Å²) in [4.78, 5) is 28.8. The van der Waals surface area contributed by atoms with Gasteiger partial charge in [-0.15, -0.1) is 11.3 Å². The molecule has 4 aromatic rings. The van der Waals surface area contributed by atoms with Gasteiger partial charge in [-0.2, -0.15) is 5.10 Å². The zero-order chi connectivity index (χ0) is 24.1. The van der Waals surface area contributed by atoms with Crippen LogP contribution in [0.3, 0.4) is 0 Å². The zero-order valence-corrected chi connectivity index (χ0v) is 20.9. The molecule has 0 bridgehead atoms. The van der Waals surface area contributed by atoms with Crippen LogP contribution in [-0.2, 0) is 11.3 Å². The molecule has 0 radical (unpaired) electrons. The van der Waals surface area contributed by atoms with Crippen LogP contribution < -0.4 is 10.9 Å². The van der Waals surface area contributed by atoms with E-state index >= 15 is 0 Å². The summed E-state index contributed by atoms with van der Waals surface area (Å²) in [5.74, 6) is -0.151. The van der Waals surface area contributed by atoms with Crippen molar-refractivity contribution in [3.63, 3.8) is 0 Å². The van der Waals surface area contributed by atoms with Crippen LogP contribution in [0, 0.1) is 6.92 Å². The number of fused-ring (bicyclic) bond motifs is 3. The maximum atomic E-state index is 13.4. The van der Waals surface area contributed by atoms with E-state index < -0.39 is 6.04 Å². The third-order valence-corrected chi connectivity index (χ3v) is 7.51. The number of hydrogen-bond acceptors (Lipinski definition) is 5. The number of nitrogens with zero attached hydrogens (tertiary/aromatic N) is 3. The molecule has 7 heteroatoms. The Balaban J connectivity index is 1.44. The first kappa shape index (κ1) is 24.1. The number of nitrogens with one attached hydrogen (secondary N) is 1. The highest BCUT2D eigenvalue weighted by Gasteiger charge is 2.24. The second-order valence-electron chi connectivity index (χ2n) is 8.56. The summed E-state index contributed by atoms with van der Waals surface area (Å²) in [5.41, 5.74) is 1.87. The molecule has 0 unspecified atom stereocenters. The maximum Gasteiger partial charge on any atom is 0.276 e. The van der Waals surface area contributed by atoms with Gasteiger partial charge in [0, 0.05) is 29.7 Å². The summed E-state index contributed by atoms with van der Waals surface area (Å²) in [7, 11) is 0. The molecule has 0 saturated heterocycles. The van der Waals surface area contributed by atoms with Crippen molar-refractivity contribution in [1.82, 2.24) is 20.0 Å². The van der Waals surface area contributed by atoms with Crippen LogP contribution in [-0.4, -0.2) is 40.2 Å². The van der Waals surface area contributed by atoms with Crippen molar-refractivity contribution in [1.29, 1.82) is 0 Å². The zero-order valence-electron chi connectivity index (χ0n) is 20.1. The van der Waals surface area contributed by atoms with Gasteiger partial charge < -0.3 is 5.32 Å². The van der Waals surface area contributed by atoms with Crippen LogP contribution in [0.4, 0.5) is 0 Å². The average Bonchev–Trinajstić information content (AvgIpc) is 3.26. The molecular formula is C27H32N4O2S. The Morgan fingerprint density at radius 1 is 1.12 bits per heavy atom. The molecule has 2 heterocycles. The van der Waals surface area contributed by atoms with Gasteiger partial charge in [-0.3, -0.25) is 14.5 Å². The SMILES string of the molecule is CC[C@H](C(=O)NCCCN(CC)Cc1ccccc1)n1nc(C)c2sc3ccccc3c2c1=O. The van der Waals surface area contributed by atoms with E-state index in [-0.39, 0.29) is 11.5 Å². The van der Waals surface area contributed by atoms with Gasteiger partial charge in [-0.05, 0) is 37.9 Å². The first-order chi connectivity index (χ1) is 16.5. The molecule has 0 aliphatic heterocycles. The molecule has 34 heavy (non-hydrogen) atoms. The second kappa shape index (κ2) is 10.9. The van der Waals surface area contributed by atoms with E-state index in [9.17, 15) is 9.59 Å². The lowest BCUT2D eigenvalue weighted by Crippen LogP contribution is -2.39. The molecule has 0 saturated carbocycles. The van der Waals surface area contributed by atoms with Crippen molar-refractivity contribution in [2.24, 2.45) is 0 Å². The molecule has 1 N–H and O–H groups in total. The number of carbonyl (C=O) groups excluding carboxylic acids is 1. The van der Waals surface area contributed by atoms with Crippen LogP contribution in [0.25, 0.3) is 20.2 Å². The van der Waals surface area contributed by atoms with Gasteiger partial charge >= 0.3 is 0 Å². The number of benzene rings is 2. The lowest BCUT2D eigenvalue weighted by Gasteiger charge is -2.21. The van der Waals surface area contributed by atoms with Gasteiger partial charge in [-0.1, -0.05) is 62.4 Å². The molecule has 178 valence electrons. The van der Waals surface area contributed by atoms with Crippen molar-refractivity contribution in [2.75, 3.05) is 19.6 Å². The topological polar surface area (TPSA) is 67.2 Å². The van der Waals surface area contributed by atoms with Gasteiger partial charge in [0.05, 0.1) is 15.8 Å². The van der Waals surface area contributed by atoms with E-state index in [1.54, 1.807) is 11.3 Å². The monoisotopic (exact) mass is 476 g/mol. The molecule has 2 aromatic heterocycles. The Kier molecular flexibility index (Phi) is 7.75. The molecule has 0 spiro atoms. The Hall–Kier alpha value is -3.03. The summed E-state index contributed by atoms with van der Waals surface area (Å²) in [6.45, 7) is 9.29. The van der Waals surface area contributed by atoms with Gasteiger partial charge in [0.25, 0.3) is 5.56 Å². The number of amides is 1. The van der Waals surface area contributed by atoms with E-state index in [1.807, 2.05) is 44.2 Å². The normalized spacial score (nSPS) is 12.5. The number of hydrogen-bond donors (Lipinski definition) is 1. The molecule has 0 fully saturated rings. The minimum Gasteiger partial charge on any atom is -0.354 e. The number of aryl methyl sites for hydroxylation is 1. The van der Waals surface area contributed by atoms with Gasteiger partial charge in [0.2, 0.25) is 5.91 Å². The Morgan fingerprint density at radius 2 is 1.85 bits per heavy atom. The molecule has 2 aromatic carbocycles. The molecular weight excluding hydrogens is 444 g/mol. The van der Waals surface area contributed by atoms with Crippen LogP contribution >= 0.6 is 11.3 Å². The number of carbonyl (C=O) groups is 1. The summed E-state index contributed by atoms with van der Waals surface area (Å²) >= 11 is 1.58. The molecule has 1 atom stereocenters. The summed E-state index contributed by atoms with van der Waals surface area (Å²) in [6, 6.07) is 17.7. The van der Waals surface area contributed by atoms with Gasteiger partial charge in [0.15, 0.2) is 0 Å². The first-order valence-corrected chi connectivity index (χ1v) is 12.8. The molecule has 1 amide bonds. The predicted molar refractivity (Wildman–Crippen MR) is 140 cm³/mol. The average molecular weight is 477 g/mol. The lowest BCUT2D eigenvalue weighted by atomic mass is 10.1. The Bertz CT molecular complexity index is 1330. The maximum absolute atomic E-state index is 13.4. The summed E-state index contributed by atoms with van der Waals surface area (Å²) in [5, 5.41) is 9.19. The highest BCUT2D eigenvalue weighted by Crippen LogP contribution is 2.33. The fourth-order valence-electron chi connectivity index (χ4n) is 4.38. The summed E-state index contributed by atoms with van der Waals surface area (Å²) < 4.78 is 3.35. The smallest absolute Gasteiger partial charge is 0.276 e. The highest BCUT2D eigenvalue weighted by atomic mass is 32.1. The third kappa shape index (κ3) is 5.05. The molecule has 0 aliphatic rings. The lowest BCUT2D eigenvalue weighted by molar-refractivity contribution is -0.124. The second-order valence-corrected chi connectivity index (χ2v) is 9.61. The van der Waals surface area contributed by atoms with E-state index in [0.29, 0.717) is 18.4 Å². The third-order valence-electron chi connectivity index (χ3n) is 6.23. The highest BCUT2D eigenvalue weighted by molar-refractivity contribution is 7.26. The van der Waals surface area contributed by atoms with Crippen molar-refractivity contribution >= 4 is 37.4 Å². The standard InChI is InChI=1S/C27H32N4O2S/c1-4-22(26(32)28-16-11-17-30(5-2)18-20-12-7-6-8-13-20)31-27(33)24-21-14-9-10-15-23(21)34-25(24)19(3)29-31/h6-10,12-15,22H,4-5,11,16-18H2,1-3H3,(H,28,32)/t22-/m1/s1. The van der Waals surface area contributed by atoms with Crippen LogP contribution in [0.2, 0.25) is 0 Å².